The van der Waals surface area contributed by atoms with Gasteiger partial charge in [-0.05, 0) is 23.6 Å². The van der Waals surface area contributed by atoms with E-state index >= 15 is 0 Å². The molecule has 2 heterocycles. The summed E-state index contributed by atoms with van der Waals surface area (Å²) >= 11 is 0. The molecule has 0 atom stereocenters. The van der Waals surface area contributed by atoms with Gasteiger partial charge in [0.05, 0.1) is 11.7 Å². The molecule has 0 aliphatic heterocycles. The van der Waals surface area contributed by atoms with E-state index < -0.39 is 0 Å². The normalized spacial score (nSPS) is 11.4. The van der Waals surface area contributed by atoms with E-state index in [1.165, 1.54) is 5.56 Å². The van der Waals surface area contributed by atoms with Crippen LogP contribution in [0.5, 0.6) is 0 Å². The molecule has 0 amide bonds. The van der Waals surface area contributed by atoms with Gasteiger partial charge in [0, 0.05) is 24.8 Å². The lowest BCUT2D eigenvalue weighted by molar-refractivity contribution is 0.798. The van der Waals surface area contributed by atoms with E-state index in [2.05, 4.69) is 47.1 Å². The predicted molar refractivity (Wildman–Crippen MR) is 75.8 cm³/mol. The molecule has 0 spiro atoms. The Morgan fingerprint density at radius 1 is 1.16 bits per heavy atom. The van der Waals surface area contributed by atoms with Crippen LogP contribution in [0.3, 0.4) is 0 Å². The molecule has 2 aromatic heterocycles. The summed E-state index contributed by atoms with van der Waals surface area (Å²) in [6.07, 6.45) is 5.13. The van der Waals surface area contributed by atoms with E-state index in [1.807, 2.05) is 11.7 Å². The maximum Gasteiger partial charge on any atom is 0.120 e. The summed E-state index contributed by atoms with van der Waals surface area (Å²) in [7, 11) is 1.96. The van der Waals surface area contributed by atoms with Crippen molar-refractivity contribution >= 4 is 10.9 Å². The highest BCUT2D eigenvalue weighted by Gasteiger charge is 2.13. The summed E-state index contributed by atoms with van der Waals surface area (Å²) in [5.41, 5.74) is 4.14. The summed E-state index contributed by atoms with van der Waals surface area (Å²) in [5, 5.41) is 5.71. The van der Waals surface area contributed by atoms with Gasteiger partial charge in [0.1, 0.15) is 11.4 Å². The summed E-state index contributed by atoms with van der Waals surface area (Å²) in [4.78, 5) is 8.47. The zero-order valence-corrected chi connectivity index (χ0v) is 11.3. The third-order valence-electron chi connectivity index (χ3n) is 3.35. The first-order valence-electron chi connectivity index (χ1n) is 6.40. The Morgan fingerprint density at radius 2 is 2.00 bits per heavy atom. The number of rotatable bonds is 2. The molecule has 1 aromatic carbocycles. The fourth-order valence-electron chi connectivity index (χ4n) is 2.25. The fourth-order valence-corrected chi connectivity index (χ4v) is 2.25. The van der Waals surface area contributed by atoms with Gasteiger partial charge in [-0.1, -0.05) is 19.9 Å². The number of aryl methyl sites for hydroxylation is 1. The minimum Gasteiger partial charge on any atom is -0.267 e. The molecule has 0 bridgehead atoms. The second-order valence-electron chi connectivity index (χ2n) is 4.99. The largest absolute Gasteiger partial charge is 0.267 e. The lowest BCUT2D eigenvalue weighted by atomic mass is 10.0. The number of fused-ring (bicyclic) bond motifs is 1. The molecular formula is C15H16N4. The van der Waals surface area contributed by atoms with E-state index in [0.29, 0.717) is 5.92 Å². The molecule has 0 unspecified atom stereocenters. The Labute approximate surface area is 112 Å². The zero-order chi connectivity index (χ0) is 13.4. The second kappa shape index (κ2) is 4.46. The van der Waals surface area contributed by atoms with Gasteiger partial charge in [-0.25, -0.2) is 0 Å². The molecule has 4 heteroatoms. The summed E-state index contributed by atoms with van der Waals surface area (Å²) in [5.74, 6) is 0.499. The van der Waals surface area contributed by atoms with Crippen molar-refractivity contribution in [3.05, 3.63) is 42.4 Å². The smallest absolute Gasteiger partial charge is 0.120 e. The van der Waals surface area contributed by atoms with Crippen molar-refractivity contribution < 1.29 is 0 Å². The van der Waals surface area contributed by atoms with Crippen LogP contribution in [0.15, 0.2) is 36.8 Å². The van der Waals surface area contributed by atoms with E-state index in [9.17, 15) is 0 Å². The first-order valence-corrected chi connectivity index (χ1v) is 6.40. The highest BCUT2D eigenvalue weighted by Crippen LogP contribution is 2.28. The van der Waals surface area contributed by atoms with Crippen molar-refractivity contribution in [2.24, 2.45) is 7.05 Å². The van der Waals surface area contributed by atoms with Gasteiger partial charge in [0.25, 0.3) is 0 Å². The Morgan fingerprint density at radius 3 is 2.68 bits per heavy atom. The van der Waals surface area contributed by atoms with Crippen LogP contribution in [-0.4, -0.2) is 19.7 Å². The van der Waals surface area contributed by atoms with Crippen LogP contribution < -0.4 is 0 Å². The van der Waals surface area contributed by atoms with Crippen molar-refractivity contribution in [3.8, 4) is 11.4 Å². The molecule has 0 fully saturated rings. The Balaban J connectivity index is 2.27. The van der Waals surface area contributed by atoms with Gasteiger partial charge >= 0.3 is 0 Å². The van der Waals surface area contributed by atoms with E-state index in [4.69, 9.17) is 0 Å². The van der Waals surface area contributed by atoms with Crippen molar-refractivity contribution in [1.82, 2.24) is 19.7 Å². The van der Waals surface area contributed by atoms with E-state index in [1.54, 1.807) is 18.6 Å². The number of hydrogen-bond acceptors (Lipinski definition) is 3. The summed E-state index contributed by atoms with van der Waals surface area (Å²) < 4.78 is 1.89. The van der Waals surface area contributed by atoms with Crippen molar-refractivity contribution in [2.45, 2.75) is 19.8 Å². The fraction of sp³-hybridized carbons (Fsp3) is 0.267. The van der Waals surface area contributed by atoms with Crippen molar-refractivity contribution in [1.29, 1.82) is 0 Å². The van der Waals surface area contributed by atoms with E-state index in [-0.39, 0.29) is 0 Å². The van der Waals surface area contributed by atoms with Crippen LogP contribution in [0.4, 0.5) is 0 Å². The number of benzene rings is 1. The SMILES string of the molecule is CC(C)c1ccc2c(c1)c(-c1cnccn1)nn2C. The van der Waals surface area contributed by atoms with E-state index in [0.717, 1.165) is 22.3 Å². The quantitative estimate of drug-likeness (QED) is 0.703. The number of hydrogen-bond donors (Lipinski definition) is 0. The first kappa shape index (κ1) is 11.8. The Kier molecular flexibility index (Phi) is 2.78. The Hall–Kier alpha value is -2.23. The molecule has 3 aromatic rings. The lowest BCUT2D eigenvalue weighted by Gasteiger charge is -2.05. The van der Waals surface area contributed by atoms with Gasteiger partial charge < -0.3 is 0 Å². The lowest BCUT2D eigenvalue weighted by Crippen LogP contribution is -1.91. The maximum absolute atomic E-state index is 4.57. The Bertz CT molecular complexity index is 714. The molecule has 0 saturated carbocycles. The molecule has 0 aliphatic carbocycles. The van der Waals surface area contributed by atoms with Gasteiger partial charge in [0.15, 0.2) is 0 Å². The van der Waals surface area contributed by atoms with Crippen LogP contribution in [0.1, 0.15) is 25.3 Å². The second-order valence-corrected chi connectivity index (χ2v) is 4.99. The third-order valence-corrected chi connectivity index (χ3v) is 3.35. The van der Waals surface area contributed by atoms with Gasteiger partial charge in [-0.3, -0.25) is 14.6 Å². The average molecular weight is 252 g/mol. The van der Waals surface area contributed by atoms with Crippen LogP contribution in [0.2, 0.25) is 0 Å². The number of aromatic nitrogens is 4. The minimum atomic E-state index is 0.499. The molecule has 0 radical (unpaired) electrons. The third kappa shape index (κ3) is 1.99. The highest BCUT2D eigenvalue weighted by atomic mass is 15.3. The molecule has 19 heavy (non-hydrogen) atoms. The summed E-state index contributed by atoms with van der Waals surface area (Å²) in [6, 6.07) is 6.49. The average Bonchev–Trinajstić information content (AvgIpc) is 2.77. The molecule has 0 saturated heterocycles. The standard InChI is InChI=1S/C15H16N4/c1-10(2)11-4-5-14-12(8-11)15(18-19(14)3)13-9-16-6-7-17-13/h4-10H,1-3H3. The molecule has 4 nitrogen and oxygen atoms in total. The highest BCUT2D eigenvalue weighted by molar-refractivity contribution is 5.92. The molecule has 0 N–H and O–H groups in total. The van der Waals surface area contributed by atoms with Crippen LogP contribution >= 0.6 is 0 Å². The number of nitrogens with zero attached hydrogens (tertiary/aromatic N) is 4. The van der Waals surface area contributed by atoms with Crippen LogP contribution in [-0.2, 0) is 7.05 Å². The predicted octanol–water partition coefficient (Wildman–Crippen LogP) is 3.15. The molecular weight excluding hydrogens is 236 g/mol. The van der Waals surface area contributed by atoms with Gasteiger partial charge in [-0.15, -0.1) is 0 Å². The maximum atomic E-state index is 4.57. The molecule has 96 valence electrons. The van der Waals surface area contributed by atoms with Crippen LogP contribution in [0, 0.1) is 0 Å². The molecule has 0 aliphatic rings. The first-order chi connectivity index (χ1) is 9.16. The van der Waals surface area contributed by atoms with Crippen molar-refractivity contribution in [3.63, 3.8) is 0 Å². The van der Waals surface area contributed by atoms with Gasteiger partial charge in [-0.2, -0.15) is 5.10 Å². The molecule has 3 rings (SSSR count). The summed E-state index contributed by atoms with van der Waals surface area (Å²) in [6.45, 7) is 4.39. The van der Waals surface area contributed by atoms with Crippen LogP contribution in [0.25, 0.3) is 22.3 Å². The zero-order valence-electron chi connectivity index (χ0n) is 11.3. The monoisotopic (exact) mass is 252 g/mol. The van der Waals surface area contributed by atoms with Gasteiger partial charge in [0.2, 0.25) is 0 Å². The topological polar surface area (TPSA) is 43.6 Å². The van der Waals surface area contributed by atoms with Crippen molar-refractivity contribution in [2.75, 3.05) is 0 Å². The minimum absolute atomic E-state index is 0.499.